The average Bonchev–Trinajstić information content (AvgIpc) is 3.45. The van der Waals surface area contributed by atoms with E-state index in [4.69, 9.17) is 18.9 Å². The summed E-state index contributed by atoms with van der Waals surface area (Å²) in [5, 5.41) is -0.0932. The molecule has 0 amide bonds. The van der Waals surface area contributed by atoms with E-state index >= 15 is 0 Å². The third-order valence-corrected chi connectivity index (χ3v) is 17.8. The van der Waals surface area contributed by atoms with Crippen molar-refractivity contribution in [2.24, 2.45) is 0 Å². The van der Waals surface area contributed by atoms with Gasteiger partial charge < -0.3 is 18.9 Å². The molecule has 38 heavy (non-hydrogen) atoms. The highest BCUT2D eigenvalue weighted by Crippen LogP contribution is 2.69. The molecule has 8 nitrogen and oxygen atoms in total. The molecule has 0 bridgehead atoms. The van der Waals surface area contributed by atoms with Crippen LogP contribution in [0.4, 0.5) is 0 Å². The summed E-state index contributed by atoms with van der Waals surface area (Å²) in [5.41, 5.74) is 0. The fraction of sp³-hybridized carbons (Fsp3) is 0.545. The molecule has 0 unspecified atom stereocenters. The maximum absolute atomic E-state index is 11.4. The molecule has 0 saturated carbocycles. The van der Waals surface area contributed by atoms with E-state index in [0.717, 1.165) is 0 Å². The molecule has 4 rings (SSSR count). The van der Waals surface area contributed by atoms with Crippen molar-refractivity contribution in [3.05, 3.63) is 25.4 Å². The Bertz CT molecular complexity index is 939. The Labute approximate surface area is 254 Å². The lowest BCUT2D eigenvalue weighted by Gasteiger charge is -2.29. The molecule has 0 spiro atoms. The van der Waals surface area contributed by atoms with Gasteiger partial charge in [-0.15, -0.1) is 47.0 Å². The molecule has 4 aliphatic rings. The largest absolute Gasteiger partial charge is 0.465 e. The highest BCUT2D eigenvalue weighted by molar-refractivity contribution is 8.45. The Morgan fingerprint density at radius 2 is 0.658 bits per heavy atom. The van der Waals surface area contributed by atoms with E-state index in [1.54, 1.807) is 94.1 Å². The van der Waals surface area contributed by atoms with E-state index in [0.29, 0.717) is 0 Å². The number of esters is 4. The number of carbonyl (C=O) groups excluding carboxylic acids is 4. The summed E-state index contributed by atoms with van der Waals surface area (Å²) in [7, 11) is 0. The fourth-order valence-corrected chi connectivity index (χ4v) is 16.5. The molecule has 16 heteroatoms. The third-order valence-electron chi connectivity index (χ3n) is 4.91. The molecule has 0 N–H and O–H groups in total. The van der Waals surface area contributed by atoms with Gasteiger partial charge in [0.1, 0.15) is 26.4 Å². The van der Waals surface area contributed by atoms with Crippen LogP contribution in [0.15, 0.2) is 25.4 Å². The number of hydrogen-bond acceptors (Lipinski definition) is 16. The van der Waals surface area contributed by atoms with Crippen molar-refractivity contribution in [2.75, 3.05) is 26.4 Å². The van der Waals surface area contributed by atoms with Crippen LogP contribution in [0.1, 0.15) is 27.7 Å². The molecule has 0 aromatic heterocycles. The maximum Gasteiger partial charge on any atom is 0.302 e. The Hall–Kier alpha value is -0.100. The number of hydrogen-bond donors (Lipinski definition) is 0. The van der Waals surface area contributed by atoms with Gasteiger partial charge in [-0.1, -0.05) is 47.0 Å². The smallest absolute Gasteiger partial charge is 0.302 e. The van der Waals surface area contributed by atoms with Gasteiger partial charge in [-0.25, -0.2) is 0 Å². The first-order valence-electron chi connectivity index (χ1n) is 11.2. The molecule has 4 heterocycles. The van der Waals surface area contributed by atoms with E-state index < -0.39 is 0 Å². The normalized spacial score (nSPS) is 26.6. The van der Waals surface area contributed by atoms with Crippen LogP contribution in [-0.2, 0) is 38.1 Å². The maximum atomic E-state index is 11.4. The molecule has 0 aromatic carbocycles. The van der Waals surface area contributed by atoms with Gasteiger partial charge in [0.05, 0.1) is 46.4 Å². The SMILES string of the molecule is CC(=O)OC[C@H]1SC2=C(SC(=C3SC4=C(S3)S[C@H](COC(C)=O)[C@@H](COC(C)=O)S4)S2)S[C@@H]1COC(C)=O. The number of rotatable bonds is 8. The second kappa shape index (κ2) is 14.2. The molecule has 0 fully saturated rings. The summed E-state index contributed by atoms with van der Waals surface area (Å²) in [4.78, 5) is 45.7. The zero-order chi connectivity index (χ0) is 27.4. The van der Waals surface area contributed by atoms with Crippen molar-refractivity contribution in [2.45, 2.75) is 48.7 Å². The minimum atomic E-state index is -0.331. The topological polar surface area (TPSA) is 105 Å². The van der Waals surface area contributed by atoms with E-state index in [1.807, 2.05) is 0 Å². The van der Waals surface area contributed by atoms with Crippen LogP contribution in [0.25, 0.3) is 0 Å². The molecule has 4 aliphatic heterocycles. The number of thioether (sulfide) groups is 8. The Morgan fingerprint density at radius 3 is 0.842 bits per heavy atom. The first-order valence-corrected chi connectivity index (χ1v) is 18.0. The van der Waals surface area contributed by atoms with E-state index in [2.05, 4.69) is 0 Å². The van der Waals surface area contributed by atoms with Crippen LogP contribution < -0.4 is 0 Å². The van der Waals surface area contributed by atoms with Gasteiger partial charge in [0.25, 0.3) is 0 Å². The van der Waals surface area contributed by atoms with E-state index in [9.17, 15) is 19.2 Å². The van der Waals surface area contributed by atoms with E-state index in [-0.39, 0.29) is 71.3 Å². The third kappa shape index (κ3) is 8.46. The second-order valence-electron chi connectivity index (χ2n) is 7.97. The van der Waals surface area contributed by atoms with Crippen molar-refractivity contribution in [3.8, 4) is 0 Å². The van der Waals surface area contributed by atoms with Crippen LogP contribution in [-0.4, -0.2) is 71.3 Å². The highest BCUT2D eigenvalue weighted by Gasteiger charge is 2.42. The van der Waals surface area contributed by atoms with Crippen molar-refractivity contribution in [1.82, 2.24) is 0 Å². The second-order valence-corrected chi connectivity index (χ2v) is 18.6. The quantitative estimate of drug-likeness (QED) is 0.222. The molecule has 4 atom stereocenters. The van der Waals surface area contributed by atoms with Crippen LogP contribution >= 0.6 is 94.1 Å². The van der Waals surface area contributed by atoms with Crippen molar-refractivity contribution in [3.63, 3.8) is 0 Å². The molecule has 0 aromatic rings. The van der Waals surface area contributed by atoms with Crippen molar-refractivity contribution in [1.29, 1.82) is 0 Å². The van der Waals surface area contributed by atoms with Crippen LogP contribution in [0.3, 0.4) is 0 Å². The average molecular weight is 673 g/mol. The molecular weight excluding hydrogens is 649 g/mol. The Kier molecular flexibility index (Phi) is 11.5. The highest BCUT2D eigenvalue weighted by atomic mass is 32.3. The monoisotopic (exact) mass is 672 g/mol. The van der Waals surface area contributed by atoms with Crippen molar-refractivity contribution < 1.29 is 38.1 Å². The predicted octanol–water partition coefficient (Wildman–Crippen LogP) is 6.01. The molecule has 0 radical (unpaired) electrons. The summed E-state index contributed by atoms with van der Waals surface area (Å²) in [5.74, 6) is -1.32. The zero-order valence-corrected chi connectivity index (χ0v) is 27.2. The molecule has 208 valence electrons. The fourth-order valence-electron chi connectivity index (χ4n) is 3.22. The van der Waals surface area contributed by atoms with Gasteiger partial charge in [0.15, 0.2) is 0 Å². The van der Waals surface area contributed by atoms with Gasteiger partial charge in [0, 0.05) is 27.7 Å². The van der Waals surface area contributed by atoms with E-state index in [1.165, 1.54) is 53.1 Å². The Morgan fingerprint density at radius 1 is 0.447 bits per heavy atom. The molecule has 0 aliphatic carbocycles. The summed E-state index contributed by atoms with van der Waals surface area (Å²) in [6.07, 6.45) is 0. The first kappa shape index (κ1) is 30.8. The van der Waals surface area contributed by atoms with Gasteiger partial charge in [-0.05, 0) is 0 Å². The number of carbonyl (C=O) groups is 4. The molecule has 0 saturated heterocycles. The standard InChI is InChI=1S/C22H24O8S8/c1-9(23)27-5-13-14(6-28-10(2)24)32-18-17(31-13)35-21(36-18)22-37-19-20(38-22)34-16(8-30-12(4)26)15(33-19)7-29-11(3)25/h13-16H,5-8H2,1-4H3/t13-,14-,15-,16-/m1/s1. The van der Waals surface area contributed by atoms with Crippen LogP contribution in [0.2, 0.25) is 0 Å². The summed E-state index contributed by atoms with van der Waals surface area (Å²) < 4.78 is 28.3. The minimum absolute atomic E-state index is 0.0233. The van der Waals surface area contributed by atoms with Crippen molar-refractivity contribution >= 4 is 118 Å². The molecular formula is C22H24O8S8. The lowest BCUT2D eigenvalue weighted by Crippen LogP contribution is -2.32. The Balaban J connectivity index is 1.43. The van der Waals surface area contributed by atoms with Gasteiger partial charge >= 0.3 is 23.9 Å². The van der Waals surface area contributed by atoms with Crippen LogP contribution in [0.5, 0.6) is 0 Å². The lowest BCUT2D eigenvalue weighted by atomic mass is 10.3. The minimum Gasteiger partial charge on any atom is -0.465 e. The van der Waals surface area contributed by atoms with Gasteiger partial charge in [0.2, 0.25) is 0 Å². The lowest BCUT2D eigenvalue weighted by molar-refractivity contribution is -0.143. The predicted molar refractivity (Wildman–Crippen MR) is 163 cm³/mol. The van der Waals surface area contributed by atoms with Gasteiger partial charge in [-0.2, -0.15) is 0 Å². The number of ether oxygens (including phenoxy) is 4. The summed E-state index contributed by atoms with van der Waals surface area (Å²) >= 11 is 13.6. The summed E-state index contributed by atoms with van der Waals surface area (Å²) in [6, 6.07) is 0. The first-order chi connectivity index (χ1) is 18.1. The zero-order valence-electron chi connectivity index (χ0n) is 20.7. The summed E-state index contributed by atoms with van der Waals surface area (Å²) in [6.45, 7) is 6.59. The van der Waals surface area contributed by atoms with Gasteiger partial charge in [-0.3, -0.25) is 19.2 Å². The van der Waals surface area contributed by atoms with Crippen LogP contribution in [0, 0.1) is 0 Å².